The van der Waals surface area contributed by atoms with E-state index >= 15 is 0 Å². The normalized spacial score (nSPS) is 14.2. The number of nitrogens with two attached hydrogens (primary N) is 1. The molecule has 2 rings (SSSR count). The fourth-order valence-electron chi connectivity index (χ4n) is 2.62. The summed E-state index contributed by atoms with van der Waals surface area (Å²) in [6, 6.07) is 11.4. The van der Waals surface area contributed by atoms with Gasteiger partial charge < -0.3 is 5.73 Å². The fraction of sp³-hybridized carbons (Fsp3) is 0.294. The zero-order valence-electron chi connectivity index (χ0n) is 11.9. The van der Waals surface area contributed by atoms with E-state index in [0.29, 0.717) is 5.56 Å². The largest absolute Gasteiger partial charge is 0.318 e. The Labute approximate surface area is 114 Å². The highest BCUT2D eigenvalue weighted by Crippen LogP contribution is 2.31. The fourth-order valence-corrected chi connectivity index (χ4v) is 2.62. The molecule has 100 valence electrons. The molecule has 0 aromatic heterocycles. The molecule has 0 aliphatic carbocycles. The Bertz CT molecular complexity index is 574. The van der Waals surface area contributed by atoms with E-state index in [0.717, 1.165) is 16.7 Å². The second-order valence-corrected chi connectivity index (χ2v) is 5.51. The average Bonchev–Trinajstić information content (AvgIpc) is 2.27. The van der Waals surface area contributed by atoms with Crippen LogP contribution in [0.3, 0.4) is 0 Å². The Morgan fingerprint density at radius 3 is 2.05 bits per heavy atom. The van der Waals surface area contributed by atoms with Crippen molar-refractivity contribution in [2.75, 3.05) is 0 Å². The highest BCUT2D eigenvalue weighted by atomic mass is 19.1. The van der Waals surface area contributed by atoms with Gasteiger partial charge in [0.2, 0.25) is 0 Å². The predicted octanol–water partition coefficient (Wildman–Crippen LogP) is 3.97. The lowest BCUT2D eigenvalue weighted by Gasteiger charge is -2.28. The molecule has 0 amide bonds. The molecular weight excluding hydrogens is 237 g/mol. The van der Waals surface area contributed by atoms with Gasteiger partial charge in [0.05, 0.1) is 5.54 Å². The lowest BCUT2D eigenvalue weighted by molar-refractivity contribution is 0.526. The summed E-state index contributed by atoms with van der Waals surface area (Å²) >= 11 is 0. The third kappa shape index (κ3) is 2.54. The van der Waals surface area contributed by atoms with E-state index in [-0.39, 0.29) is 5.82 Å². The van der Waals surface area contributed by atoms with Gasteiger partial charge in [0.15, 0.2) is 0 Å². The van der Waals surface area contributed by atoms with Gasteiger partial charge in [-0.05, 0) is 50.5 Å². The van der Waals surface area contributed by atoms with Crippen molar-refractivity contribution in [3.63, 3.8) is 0 Å². The molecule has 1 unspecified atom stereocenters. The summed E-state index contributed by atoms with van der Waals surface area (Å²) in [4.78, 5) is 0. The van der Waals surface area contributed by atoms with Crippen molar-refractivity contribution in [2.45, 2.75) is 33.2 Å². The summed E-state index contributed by atoms with van der Waals surface area (Å²) in [5.41, 5.74) is 10.1. The van der Waals surface area contributed by atoms with Crippen LogP contribution in [0.15, 0.2) is 36.4 Å². The zero-order chi connectivity index (χ0) is 14.2. The molecule has 2 aromatic carbocycles. The molecule has 1 atom stereocenters. The topological polar surface area (TPSA) is 26.0 Å². The summed E-state index contributed by atoms with van der Waals surface area (Å²) < 4.78 is 14.3. The Kier molecular flexibility index (Phi) is 3.46. The van der Waals surface area contributed by atoms with Crippen LogP contribution in [0.4, 0.5) is 4.39 Å². The molecule has 0 spiro atoms. The highest BCUT2D eigenvalue weighted by molar-refractivity contribution is 5.44. The maximum absolute atomic E-state index is 14.3. The van der Waals surface area contributed by atoms with Gasteiger partial charge >= 0.3 is 0 Å². The SMILES string of the molecule is Cc1ccc(C(C)(N)c2c(C)cc(C)cc2F)cc1. The van der Waals surface area contributed by atoms with Crippen LogP contribution in [-0.4, -0.2) is 0 Å². The molecule has 0 bridgehead atoms. The van der Waals surface area contributed by atoms with E-state index in [1.54, 1.807) is 6.07 Å². The molecule has 1 nitrogen and oxygen atoms in total. The van der Waals surface area contributed by atoms with Gasteiger partial charge in [-0.2, -0.15) is 0 Å². The number of benzene rings is 2. The van der Waals surface area contributed by atoms with E-state index in [4.69, 9.17) is 5.73 Å². The molecule has 2 N–H and O–H groups in total. The van der Waals surface area contributed by atoms with Crippen LogP contribution in [-0.2, 0) is 5.54 Å². The lowest BCUT2D eigenvalue weighted by atomic mass is 9.82. The number of hydrogen-bond acceptors (Lipinski definition) is 1. The Morgan fingerprint density at radius 2 is 1.53 bits per heavy atom. The number of hydrogen-bond donors (Lipinski definition) is 1. The van der Waals surface area contributed by atoms with E-state index < -0.39 is 5.54 Å². The van der Waals surface area contributed by atoms with Crippen LogP contribution < -0.4 is 5.73 Å². The van der Waals surface area contributed by atoms with Crippen LogP contribution in [0.1, 0.15) is 34.7 Å². The first kappa shape index (κ1) is 13.8. The molecule has 0 fully saturated rings. The first-order chi connectivity index (χ1) is 8.82. The molecule has 0 saturated carbocycles. The first-order valence-electron chi connectivity index (χ1n) is 6.45. The summed E-state index contributed by atoms with van der Waals surface area (Å²) in [7, 11) is 0. The van der Waals surface area contributed by atoms with Gasteiger partial charge in [0.25, 0.3) is 0 Å². The predicted molar refractivity (Wildman–Crippen MR) is 77.7 cm³/mol. The van der Waals surface area contributed by atoms with Gasteiger partial charge in [0, 0.05) is 5.56 Å². The molecule has 0 aliphatic heterocycles. The van der Waals surface area contributed by atoms with Crippen molar-refractivity contribution in [2.24, 2.45) is 5.73 Å². The monoisotopic (exact) mass is 257 g/mol. The van der Waals surface area contributed by atoms with Crippen molar-refractivity contribution in [1.82, 2.24) is 0 Å². The molecule has 0 aliphatic rings. The Balaban J connectivity index is 2.59. The summed E-state index contributed by atoms with van der Waals surface area (Å²) in [5, 5.41) is 0. The zero-order valence-corrected chi connectivity index (χ0v) is 11.9. The standard InChI is InChI=1S/C17H20FN/c1-11-5-7-14(8-6-11)17(4,19)16-13(3)9-12(2)10-15(16)18/h5-10H,19H2,1-4H3. The van der Waals surface area contributed by atoms with Crippen molar-refractivity contribution in [3.8, 4) is 0 Å². The summed E-state index contributed by atoms with van der Waals surface area (Å²) in [6.07, 6.45) is 0. The van der Waals surface area contributed by atoms with Crippen LogP contribution in [0.5, 0.6) is 0 Å². The smallest absolute Gasteiger partial charge is 0.129 e. The highest BCUT2D eigenvalue weighted by Gasteiger charge is 2.28. The van der Waals surface area contributed by atoms with E-state index in [1.165, 1.54) is 5.56 Å². The Hall–Kier alpha value is -1.67. The number of rotatable bonds is 2. The molecule has 2 aromatic rings. The minimum Gasteiger partial charge on any atom is -0.318 e. The van der Waals surface area contributed by atoms with E-state index in [1.807, 2.05) is 58.0 Å². The first-order valence-corrected chi connectivity index (χ1v) is 6.45. The van der Waals surface area contributed by atoms with Crippen LogP contribution in [0, 0.1) is 26.6 Å². The number of aryl methyl sites for hydroxylation is 3. The molecule has 0 radical (unpaired) electrons. The quantitative estimate of drug-likeness (QED) is 0.865. The van der Waals surface area contributed by atoms with Crippen LogP contribution in [0.25, 0.3) is 0 Å². The van der Waals surface area contributed by atoms with Crippen LogP contribution >= 0.6 is 0 Å². The maximum Gasteiger partial charge on any atom is 0.129 e. The molecule has 2 heteroatoms. The van der Waals surface area contributed by atoms with Gasteiger partial charge in [-0.3, -0.25) is 0 Å². The third-order valence-electron chi connectivity index (χ3n) is 3.60. The van der Waals surface area contributed by atoms with Gasteiger partial charge in [0.1, 0.15) is 5.82 Å². The average molecular weight is 257 g/mol. The molecule has 0 saturated heterocycles. The molecule has 19 heavy (non-hydrogen) atoms. The summed E-state index contributed by atoms with van der Waals surface area (Å²) in [6.45, 7) is 7.68. The third-order valence-corrected chi connectivity index (χ3v) is 3.60. The van der Waals surface area contributed by atoms with Crippen LogP contribution in [0.2, 0.25) is 0 Å². The van der Waals surface area contributed by atoms with E-state index in [9.17, 15) is 4.39 Å². The minimum atomic E-state index is -0.824. The molecule has 0 heterocycles. The second kappa shape index (κ2) is 4.78. The van der Waals surface area contributed by atoms with Crippen molar-refractivity contribution >= 4 is 0 Å². The second-order valence-electron chi connectivity index (χ2n) is 5.51. The van der Waals surface area contributed by atoms with Crippen molar-refractivity contribution in [3.05, 3.63) is 70.0 Å². The van der Waals surface area contributed by atoms with E-state index in [2.05, 4.69) is 0 Å². The lowest BCUT2D eigenvalue weighted by Crippen LogP contribution is -2.36. The van der Waals surface area contributed by atoms with Crippen molar-refractivity contribution < 1.29 is 4.39 Å². The number of halogens is 1. The Morgan fingerprint density at radius 1 is 0.947 bits per heavy atom. The summed E-state index contributed by atoms with van der Waals surface area (Å²) in [5.74, 6) is -0.233. The van der Waals surface area contributed by atoms with Gasteiger partial charge in [-0.25, -0.2) is 4.39 Å². The van der Waals surface area contributed by atoms with Gasteiger partial charge in [-0.1, -0.05) is 35.9 Å². The van der Waals surface area contributed by atoms with Gasteiger partial charge in [-0.15, -0.1) is 0 Å². The van der Waals surface area contributed by atoms with Crippen molar-refractivity contribution in [1.29, 1.82) is 0 Å². The molecular formula is C17H20FN. The maximum atomic E-state index is 14.3. The minimum absolute atomic E-state index is 0.233.